The molecule has 0 spiro atoms. The second kappa shape index (κ2) is 3.56. The maximum Gasteiger partial charge on any atom is 0.101 e. The number of hydrogen-bond acceptors (Lipinski definition) is 2. The molecule has 0 fully saturated rings. The van der Waals surface area contributed by atoms with Gasteiger partial charge in [-0.15, -0.1) is 0 Å². The van der Waals surface area contributed by atoms with Crippen LogP contribution >= 0.6 is 27.5 Å². The molecule has 0 aliphatic rings. The van der Waals surface area contributed by atoms with Gasteiger partial charge < -0.3 is 0 Å². The molecule has 2 nitrogen and oxygen atoms in total. The van der Waals surface area contributed by atoms with E-state index >= 15 is 0 Å². The van der Waals surface area contributed by atoms with Crippen molar-refractivity contribution in [1.29, 1.82) is 5.26 Å². The highest BCUT2D eigenvalue weighted by Crippen LogP contribution is 2.26. The molecule has 4 heteroatoms. The molecule has 0 N–H and O–H groups in total. The quantitative estimate of drug-likeness (QED) is 0.732. The first kappa shape index (κ1) is 9.45. The molecular formula is C10H4BrClN2. The van der Waals surface area contributed by atoms with Crippen LogP contribution < -0.4 is 0 Å². The van der Waals surface area contributed by atoms with Gasteiger partial charge in [-0.2, -0.15) is 5.26 Å². The van der Waals surface area contributed by atoms with Crippen molar-refractivity contribution in [1.82, 2.24) is 4.98 Å². The van der Waals surface area contributed by atoms with E-state index in [0.717, 1.165) is 15.4 Å². The topological polar surface area (TPSA) is 36.7 Å². The van der Waals surface area contributed by atoms with Crippen LogP contribution in [-0.4, -0.2) is 4.98 Å². The third-order valence-electron chi connectivity index (χ3n) is 1.89. The van der Waals surface area contributed by atoms with E-state index in [0.29, 0.717) is 10.6 Å². The Labute approximate surface area is 94.3 Å². The third-order valence-corrected chi connectivity index (χ3v) is 2.76. The summed E-state index contributed by atoms with van der Waals surface area (Å²) >= 11 is 9.12. The van der Waals surface area contributed by atoms with Gasteiger partial charge in [0.2, 0.25) is 0 Å². The van der Waals surface area contributed by atoms with Gasteiger partial charge in [-0.3, -0.25) is 4.98 Å². The second-order valence-corrected chi connectivity index (χ2v) is 4.05. The first-order valence-electron chi connectivity index (χ1n) is 3.86. The van der Waals surface area contributed by atoms with Gasteiger partial charge in [-0.25, -0.2) is 0 Å². The molecule has 0 radical (unpaired) electrons. The predicted octanol–water partition coefficient (Wildman–Crippen LogP) is 3.52. The number of rotatable bonds is 0. The molecule has 0 unspecified atom stereocenters. The standard InChI is InChI=1S/C10H4BrClN2/c11-9-1-2-10-7(8(9)4-13)3-6(12)5-14-10/h1-3,5H. The van der Waals surface area contributed by atoms with E-state index in [1.807, 2.05) is 12.1 Å². The van der Waals surface area contributed by atoms with Crippen molar-refractivity contribution < 1.29 is 0 Å². The number of nitriles is 1. The average Bonchev–Trinajstić information content (AvgIpc) is 2.17. The SMILES string of the molecule is N#Cc1c(Br)ccc2ncc(Cl)cc12. The minimum Gasteiger partial charge on any atom is -0.255 e. The zero-order valence-corrected chi connectivity index (χ0v) is 9.30. The van der Waals surface area contributed by atoms with Gasteiger partial charge in [0.25, 0.3) is 0 Å². The number of pyridine rings is 1. The smallest absolute Gasteiger partial charge is 0.101 e. The Morgan fingerprint density at radius 2 is 2.21 bits per heavy atom. The Kier molecular flexibility index (Phi) is 2.40. The van der Waals surface area contributed by atoms with E-state index in [4.69, 9.17) is 16.9 Å². The summed E-state index contributed by atoms with van der Waals surface area (Å²) in [7, 11) is 0. The van der Waals surface area contributed by atoms with Crippen molar-refractivity contribution in [3.05, 3.63) is 39.5 Å². The highest BCUT2D eigenvalue weighted by Gasteiger charge is 2.06. The van der Waals surface area contributed by atoms with Crippen LogP contribution in [0.5, 0.6) is 0 Å². The van der Waals surface area contributed by atoms with Gasteiger partial charge in [0.15, 0.2) is 0 Å². The molecule has 0 amide bonds. The Balaban J connectivity index is 2.93. The maximum atomic E-state index is 8.96. The monoisotopic (exact) mass is 266 g/mol. The second-order valence-electron chi connectivity index (χ2n) is 2.75. The zero-order chi connectivity index (χ0) is 10.1. The van der Waals surface area contributed by atoms with Crippen molar-refractivity contribution in [2.24, 2.45) is 0 Å². The van der Waals surface area contributed by atoms with Crippen molar-refractivity contribution in [3.63, 3.8) is 0 Å². The van der Waals surface area contributed by atoms with Gasteiger partial charge in [-0.05, 0) is 34.1 Å². The van der Waals surface area contributed by atoms with Crippen molar-refractivity contribution in [2.75, 3.05) is 0 Å². The van der Waals surface area contributed by atoms with Crippen LogP contribution in [0.4, 0.5) is 0 Å². The van der Waals surface area contributed by atoms with Crippen LogP contribution in [0.3, 0.4) is 0 Å². The van der Waals surface area contributed by atoms with Crippen LogP contribution in [-0.2, 0) is 0 Å². The fraction of sp³-hybridized carbons (Fsp3) is 0. The summed E-state index contributed by atoms with van der Waals surface area (Å²) in [6.07, 6.45) is 1.57. The van der Waals surface area contributed by atoms with Gasteiger partial charge in [0.1, 0.15) is 6.07 Å². The minimum absolute atomic E-state index is 0.534. The molecule has 0 saturated heterocycles. The summed E-state index contributed by atoms with van der Waals surface area (Å²) in [6, 6.07) is 7.51. The van der Waals surface area contributed by atoms with Gasteiger partial charge in [-0.1, -0.05) is 11.6 Å². The largest absolute Gasteiger partial charge is 0.255 e. The molecule has 2 rings (SSSR count). The summed E-state index contributed by atoms with van der Waals surface area (Å²) in [5.41, 5.74) is 1.34. The normalized spacial score (nSPS) is 10.1. The summed E-state index contributed by atoms with van der Waals surface area (Å²) in [6.45, 7) is 0. The predicted molar refractivity (Wildman–Crippen MR) is 59.2 cm³/mol. The lowest BCUT2D eigenvalue weighted by atomic mass is 10.1. The fourth-order valence-corrected chi connectivity index (χ4v) is 1.85. The molecule has 0 aliphatic heterocycles. The molecule has 0 atom stereocenters. The highest BCUT2D eigenvalue weighted by atomic mass is 79.9. The summed E-state index contributed by atoms with van der Waals surface area (Å²) < 4.78 is 0.761. The molecule has 0 bridgehead atoms. The molecule has 0 saturated carbocycles. The summed E-state index contributed by atoms with van der Waals surface area (Å²) in [5.74, 6) is 0. The van der Waals surface area contributed by atoms with E-state index in [1.165, 1.54) is 0 Å². The molecule has 1 aromatic carbocycles. The lowest BCUT2D eigenvalue weighted by Crippen LogP contribution is -1.84. The molecule has 14 heavy (non-hydrogen) atoms. The molecular weight excluding hydrogens is 263 g/mol. The lowest BCUT2D eigenvalue weighted by molar-refractivity contribution is 1.40. The number of hydrogen-bond donors (Lipinski definition) is 0. The van der Waals surface area contributed by atoms with Gasteiger partial charge in [0, 0.05) is 16.1 Å². The molecule has 1 aromatic heterocycles. The van der Waals surface area contributed by atoms with E-state index in [9.17, 15) is 0 Å². The number of halogens is 2. The Morgan fingerprint density at radius 1 is 1.43 bits per heavy atom. The molecule has 0 aliphatic carbocycles. The van der Waals surface area contributed by atoms with Crippen LogP contribution in [0.25, 0.3) is 10.9 Å². The first-order chi connectivity index (χ1) is 6.72. The zero-order valence-electron chi connectivity index (χ0n) is 6.96. The van der Waals surface area contributed by atoms with Crippen LogP contribution in [0.15, 0.2) is 28.9 Å². The van der Waals surface area contributed by atoms with Gasteiger partial charge in [0.05, 0.1) is 16.1 Å². The average molecular weight is 268 g/mol. The van der Waals surface area contributed by atoms with Crippen LogP contribution in [0.2, 0.25) is 5.02 Å². The summed E-state index contributed by atoms with van der Waals surface area (Å²) in [4.78, 5) is 4.13. The Morgan fingerprint density at radius 3 is 2.93 bits per heavy atom. The molecule has 2 aromatic rings. The number of fused-ring (bicyclic) bond motifs is 1. The van der Waals surface area contributed by atoms with Crippen molar-refractivity contribution >= 4 is 38.4 Å². The maximum absolute atomic E-state index is 8.96. The van der Waals surface area contributed by atoms with Crippen LogP contribution in [0.1, 0.15) is 5.56 Å². The van der Waals surface area contributed by atoms with Crippen LogP contribution in [0, 0.1) is 11.3 Å². The third kappa shape index (κ3) is 1.47. The number of benzene rings is 1. The Hall–Kier alpha value is -1.11. The molecule has 1 heterocycles. The number of nitrogens with zero attached hydrogens (tertiary/aromatic N) is 2. The van der Waals surface area contributed by atoms with Gasteiger partial charge >= 0.3 is 0 Å². The van der Waals surface area contributed by atoms with Crippen molar-refractivity contribution in [2.45, 2.75) is 0 Å². The summed E-state index contributed by atoms with van der Waals surface area (Å²) in [5, 5.41) is 10.3. The highest BCUT2D eigenvalue weighted by molar-refractivity contribution is 9.10. The van der Waals surface area contributed by atoms with Crippen molar-refractivity contribution in [3.8, 4) is 6.07 Å². The van der Waals surface area contributed by atoms with E-state index < -0.39 is 0 Å². The lowest BCUT2D eigenvalue weighted by Gasteiger charge is -2.01. The number of aromatic nitrogens is 1. The van der Waals surface area contributed by atoms with E-state index in [1.54, 1.807) is 12.3 Å². The Bertz CT molecular complexity index is 540. The molecule has 68 valence electrons. The fourth-order valence-electron chi connectivity index (χ4n) is 1.26. The minimum atomic E-state index is 0.534. The first-order valence-corrected chi connectivity index (χ1v) is 5.03. The van der Waals surface area contributed by atoms with E-state index in [-0.39, 0.29) is 0 Å². The van der Waals surface area contributed by atoms with E-state index in [2.05, 4.69) is 27.0 Å².